The van der Waals surface area contributed by atoms with Crippen molar-refractivity contribution >= 4 is 22.7 Å². The van der Waals surface area contributed by atoms with Crippen LogP contribution in [-0.4, -0.2) is 34.9 Å². The van der Waals surface area contributed by atoms with E-state index in [1.54, 1.807) is 18.5 Å². The van der Waals surface area contributed by atoms with Crippen molar-refractivity contribution in [2.45, 2.75) is 19.8 Å². The van der Waals surface area contributed by atoms with Crippen molar-refractivity contribution in [1.82, 2.24) is 15.1 Å². The monoisotopic (exact) mass is 545 g/mol. The maximum Gasteiger partial charge on any atom is 0.337 e. The van der Waals surface area contributed by atoms with Gasteiger partial charge in [-0.2, -0.15) is 5.10 Å². The average Bonchev–Trinajstić information content (AvgIpc) is 3.44. The fourth-order valence-electron chi connectivity index (χ4n) is 5.14. The number of hydrogen-bond acceptors (Lipinski definition) is 6. The van der Waals surface area contributed by atoms with Crippen LogP contribution in [0.1, 0.15) is 25.3 Å². The van der Waals surface area contributed by atoms with E-state index >= 15 is 0 Å². The molecule has 0 radical (unpaired) electrons. The van der Waals surface area contributed by atoms with Crippen LogP contribution in [0.15, 0.2) is 127 Å². The van der Waals surface area contributed by atoms with Gasteiger partial charge in [0, 0.05) is 28.7 Å². The number of aromatic nitrogens is 2. The Bertz CT molecular complexity index is 1670. The van der Waals surface area contributed by atoms with Crippen LogP contribution in [0, 0.1) is 0 Å². The van der Waals surface area contributed by atoms with Gasteiger partial charge in [0.25, 0.3) is 0 Å². The van der Waals surface area contributed by atoms with Crippen molar-refractivity contribution in [3.63, 3.8) is 0 Å². The summed E-state index contributed by atoms with van der Waals surface area (Å²) in [6.45, 7) is 11.0. The number of nitrogens with one attached hydrogen (secondary N) is 1. The lowest BCUT2D eigenvalue weighted by Gasteiger charge is -2.30. The second kappa shape index (κ2) is 11.9. The van der Waals surface area contributed by atoms with Gasteiger partial charge in [-0.3, -0.25) is 0 Å². The van der Waals surface area contributed by atoms with Crippen LogP contribution in [-0.2, 0) is 19.1 Å². The molecule has 4 aromatic rings. The molecule has 7 nitrogen and oxygen atoms in total. The molecule has 1 aliphatic heterocycles. The van der Waals surface area contributed by atoms with Gasteiger partial charge >= 0.3 is 11.9 Å². The number of esters is 2. The Morgan fingerprint density at radius 3 is 2.05 bits per heavy atom. The Morgan fingerprint density at radius 1 is 0.854 bits per heavy atom. The fourth-order valence-corrected chi connectivity index (χ4v) is 5.14. The van der Waals surface area contributed by atoms with Gasteiger partial charge in [0.2, 0.25) is 0 Å². The zero-order valence-corrected chi connectivity index (χ0v) is 23.1. The number of rotatable bonds is 9. The molecule has 1 aromatic heterocycles. The van der Waals surface area contributed by atoms with Gasteiger partial charge in [-0.15, -0.1) is 0 Å². The lowest BCUT2D eigenvalue weighted by Crippen LogP contribution is -2.32. The molecule has 0 spiro atoms. The molecule has 5 rings (SSSR count). The van der Waals surface area contributed by atoms with Gasteiger partial charge in [0.15, 0.2) is 0 Å². The minimum absolute atomic E-state index is 0.0298. The Hall–Kier alpha value is -5.17. The number of carbonyl (C=O) groups excluding carboxylic acids is 2. The molecule has 41 heavy (non-hydrogen) atoms. The van der Waals surface area contributed by atoms with Crippen molar-refractivity contribution in [1.29, 1.82) is 0 Å². The molecule has 0 atom stereocenters. The molecule has 206 valence electrons. The molecule has 2 heterocycles. The summed E-state index contributed by atoms with van der Waals surface area (Å²) in [5.41, 5.74) is 4.76. The van der Waals surface area contributed by atoms with Crippen molar-refractivity contribution in [3.8, 4) is 16.9 Å². The molecule has 0 fully saturated rings. The topological polar surface area (TPSA) is 82.5 Å². The van der Waals surface area contributed by atoms with E-state index in [2.05, 4.69) is 30.6 Å². The number of fused-ring (bicyclic) bond motifs is 1. The molecule has 0 saturated carbocycles. The number of hydrogen-bond donors (Lipinski definition) is 1. The van der Waals surface area contributed by atoms with E-state index < -0.39 is 17.9 Å². The van der Waals surface area contributed by atoms with Gasteiger partial charge in [-0.05, 0) is 42.8 Å². The molecule has 0 saturated heterocycles. The van der Waals surface area contributed by atoms with Crippen molar-refractivity contribution in [3.05, 3.63) is 132 Å². The van der Waals surface area contributed by atoms with Gasteiger partial charge in [0.1, 0.15) is 13.2 Å². The Labute approximate surface area is 239 Å². The Balaban J connectivity index is 1.77. The first kappa shape index (κ1) is 27.4. The zero-order valence-electron chi connectivity index (χ0n) is 23.1. The molecule has 0 unspecified atom stereocenters. The van der Waals surface area contributed by atoms with Gasteiger partial charge in [-0.1, -0.05) is 79.9 Å². The van der Waals surface area contributed by atoms with Crippen LogP contribution in [0.2, 0.25) is 0 Å². The standard InChI is InChI=1S/C34H31N3O4/c1-5-18-40-33(38)29-22(3)35-23(4)30(34(39)41-19-6-2)31(29)28-21-37(27-14-8-7-9-15-27)36-32(28)26-17-16-24-12-10-11-13-25(24)20-26/h5-17,20-21,31,35H,1-2,18-19H2,3-4H3. The highest BCUT2D eigenvalue weighted by Gasteiger charge is 2.40. The number of allylic oxidation sites excluding steroid dienone is 2. The summed E-state index contributed by atoms with van der Waals surface area (Å²) in [7, 11) is 0. The van der Waals surface area contributed by atoms with Gasteiger partial charge < -0.3 is 14.8 Å². The smallest absolute Gasteiger partial charge is 0.337 e. The van der Waals surface area contributed by atoms with E-state index in [9.17, 15) is 9.59 Å². The van der Waals surface area contributed by atoms with Gasteiger partial charge in [0.05, 0.1) is 28.4 Å². The number of dihydropyridines is 1. The molecule has 7 heteroatoms. The number of benzene rings is 3. The lowest BCUT2D eigenvalue weighted by atomic mass is 9.79. The maximum absolute atomic E-state index is 13.6. The highest BCUT2D eigenvalue weighted by atomic mass is 16.5. The predicted molar refractivity (Wildman–Crippen MR) is 160 cm³/mol. The van der Waals surface area contributed by atoms with Crippen LogP contribution in [0.25, 0.3) is 27.7 Å². The number of para-hydroxylation sites is 1. The van der Waals surface area contributed by atoms with Gasteiger partial charge in [-0.25, -0.2) is 14.3 Å². The highest BCUT2D eigenvalue weighted by molar-refractivity contribution is 6.00. The van der Waals surface area contributed by atoms with Crippen LogP contribution >= 0.6 is 0 Å². The third kappa shape index (κ3) is 5.47. The summed E-state index contributed by atoms with van der Waals surface area (Å²) in [5.74, 6) is -1.93. The number of carbonyl (C=O) groups is 2. The summed E-state index contributed by atoms with van der Waals surface area (Å²) in [4.78, 5) is 27.1. The number of ether oxygens (including phenoxy) is 2. The minimum Gasteiger partial charge on any atom is -0.458 e. The lowest BCUT2D eigenvalue weighted by molar-refractivity contribution is -0.138. The van der Waals surface area contributed by atoms with E-state index in [1.165, 1.54) is 12.2 Å². The van der Waals surface area contributed by atoms with Crippen molar-refractivity contribution < 1.29 is 19.1 Å². The second-order valence-corrected chi connectivity index (χ2v) is 9.68. The molecule has 0 bridgehead atoms. The largest absolute Gasteiger partial charge is 0.458 e. The Morgan fingerprint density at radius 2 is 1.44 bits per heavy atom. The van der Waals surface area contributed by atoms with Crippen LogP contribution in [0.4, 0.5) is 0 Å². The zero-order chi connectivity index (χ0) is 28.9. The third-order valence-corrected chi connectivity index (χ3v) is 6.96. The molecular formula is C34H31N3O4. The SMILES string of the molecule is C=CCOC(=O)C1=C(C)NC(C)=C(C(=O)OCC=C)C1c1cn(-c2ccccc2)nc1-c1ccc2ccccc2c1. The number of nitrogens with zero attached hydrogens (tertiary/aromatic N) is 2. The second-order valence-electron chi connectivity index (χ2n) is 9.68. The molecule has 0 aliphatic carbocycles. The third-order valence-electron chi connectivity index (χ3n) is 6.96. The van der Waals surface area contributed by atoms with Crippen LogP contribution < -0.4 is 5.32 Å². The summed E-state index contributed by atoms with van der Waals surface area (Å²) in [6, 6.07) is 23.9. The quantitative estimate of drug-likeness (QED) is 0.194. The highest BCUT2D eigenvalue weighted by Crippen LogP contribution is 2.43. The predicted octanol–water partition coefficient (Wildman–Crippen LogP) is 6.39. The molecule has 1 aliphatic rings. The average molecular weight is 546 g/mol. The Kier molecular flexibility index (Phi) is 7.97. The maximum atomic E-state index is 13.6. The van der Waals surface area contributed by atoms with Crippen molar-refractivity contribution in [2.24, 2.45) is 0 Å². The van der Waals surface area contributed by atoms with E-state index in [0.717, 1.165) is 22.0 Å². The summed E-state index contributed by atoms with van der Waals surface area (Å²) in [5, 5.41) is 10.3. The van der Waals surface area contributed by atoms with Crippen molar-refractivity contribution in [2.75, 3.05) is 13.2 Å². The fraction of sp³-hybridized carbons (Fsp3) is 0.147. The first-order valence-electron chi connectivity index (χ1n) is 13.3. The van der Waals surface area contributed by atoms with E-state index in [0.29, 0.717) is 33.8 Å². The summed E-state index contributed by atoms with van der Waals surface area (Å²) < 4.78 is 12.8. The van der Waals surface area contributed by atoms with E-state index in [1.807, 2.05) is 66.9 Å². The summed E-state index contributed by atoms with van der Waals surface area (Å²) >= 11 is 0. The summed E-state index contributed by atoms with van der Waals surface area (Å²) in [6.07, 6.45) is 4.89. The first-order chi connectivity index (χ1) is 19.9. The van der Waals surface area contributed by atoms with E-state index in [4.69, 9.17) is 14.6 Å². The van der Waals surface area contributed by atoms with Crippen LogP contribution in [0.5, 0.6) is 0 Å². The minimum atomic E-state index is -0.815. The first-order valence-corrected chi connectivity index (χ1v) is 13.3. The van der Waals surface area contributed by atoms with E-state index in [-0.39, 0.29) is 13.2 Å². The molecule has 3 aromatic carbocycles. The normalized spacial score (nSPS) is 13.6. The molecule has 1 N–H and O–H groups in total. The van der Waals surface area contributed by atoms with Crippen LogP contribution in [0.3, 0.4) is 0 Å². The molecular weight excluding hydrogens is 514 g/mol. The molecule has 0 amide bonds.